The average molecular weight is 341 g/mol. The molecule has 0 amide bonds. The number of ether oxygens (including phenoxy) is 1. The van der Waals surface area contributed by atoms with E-state index < -0.39 is 0 Å². The monoisotopic (exact) mass is 341 g/mol. The molecule has 5 heteroatoms. The maximum Gasteiger partial charge on any atom is 0.267 e. The molecule has 0 aliphatic heterocycles. The number of H-pyrrole nitrogens is 2. The number of nitriles is 1. The minimum Gasteiger partial charge on any atom is -0.497 e. The Hall–Kier alpha value is -3.78. The Bertz CT molecular complexity index is 1180. The predicted octanol–water partition coefficient (Wildman–Crippen LogP) is 4.07. The van der Waals surface area contributed by atoms with Gasteiger partial charge in [-0.25, -0.2) is 0 Å². The number of pyridine rings is 1. The summed E-state index contributed by atoms with van der Waals surface area (Å²) < 4.78 is 5.19. The molecule has 126 valence electrons. The first kappa shape index (κ1) is 15.7. The summed E-state index contributed by atoms with van der Waals surface area (Å²) in [7, 11) is 1.64. The minimum atomic E-state index is -0.381. The summed E-state index contributed by atoms with van der Waals surface area (Å²) in [4.78, 5) is 18.0. The predicted molar refractivity (Wildman–Crippen MR) is 101 cm³/mol. The topological polar surface area (TPSA) is 81.7 Å². The number of aromatic nitrogens is 2. The normalized spacial score (nSPS) is 10.6. The maximum atomic E-state index is 12.2. The first-order valence-corrected chi connectivity index (χ1v) is 8.09. The third-order valence-electron chi connectivity index (χ3n) is 4.43. The number of rotatable bonds is 3. The lowest BCUT2D eigenvalue weighted by Gasteiger charge is -2.08. The Morgan fingerprint density at radius 3 is 2.15 bits per heavy atom. The van der Waals surface area contributed by atoms with Crippen LogP contribution in [0.3, 0.4) is 0 Å². The fourth-order valence-electron chi connectivity index (χ4n) is 3.11. The Balaban J connectivity index is 1.82. The van der Waals surface area contributed by atoms with Crippen molar-refractivity contribution in [2.45, 2.75) is 0 Å². The van der Waals surface area contributed by atoms with Crippen LogP contribution in [0.25, 0.3) is 33.3 Å². The van der Waals surface area contributed by atoms with Crippen LogP contribution in [-0.2, 0) is 0 Å². The van der Waals surface area contributed by atoms with E-state index in [1.165, 1.54) is 0 Å². The van der Waals surface area contributed by atoms with Crippen LogP contribution in [0.5, 0.6) is 5.75 Å². The van der Waals surface area contributed by atoms with Crippen LogP contribution < -0.4 is 10.3 Å². The molecule has 0 atom stereocenters. The van der Waals surface area contributed by atoms with Gasteiger partial charge in [0.2, 0.25) is 0 Å². The Morgan fingerprint density at radius 2 is 1.54 bits per heavy atom. The SMILES string of the molecule is COc1ccc(-c2ccc(-c3c(C#N)c(=O)[nH]c4cc[nH]c34)cc2)cc1. The van der Waals surface area contributed by atoms with Gasteiger partial charge in [0, 0.05) is 11.8 Å². The molecule has 5 nitrogen and oxygen atoms in total. The van der Waals surface area contributed by atoms with E-state index in [1.54, 1.807) is 19.4 Å². The molecule has 4 aromatic rings. The molecule has 0 fully saturated rings. The standard InChI is InChI=1S/C21H15N3O2/c1-26-16-8-6-14(7-9-16)13-2-4-15(5-3-13)19-17(12-22)21(25)24-18-10-11-23-20(18)19/h2-11,23H,1H3,(H,24,25). The van der Waals surface area contributed by atoms with Crippen LogP contribution in [0.15, 0.2) is 65.6 Å². The summed E-state index contributed by atoms with van der Waals surface area (Å²) in [5, 5.41) is 9.44. The molecule has 0 bridgehead atoms. The van der Waals surface area contributed by atoms with E-state index in [1.807, 2.05) is 54.6 Å². The lowest BCUT2D eigenvalue weighted by Crippen LogP contribution is -2.11. The molecule has 2 heterocycles. The molecule has 2 N–H and O–H groups in total. The number of nitrogens with zero attached hydrogens (tertiary/aromatic N) is 1. The smallest absolute Gasteiger partial charge is 0.267 e. The van der Waals surface area contributed by atoms with E-state index in [4.69, 9.17) is 4.74 Å². The number of methoxy groups -OCH3 is 1. The van der Waals surface area contributed by atoms with Crippen LogP contribution in [0, 0.1) is 11.3 Å². The highest BCUT2D eigenvalue weighted by Gasteiger charge is 2.15. The van der Waals surface area contributed by atoms with Crippen molar-refractivity contribution in [2.75, 3.05) is 7.11 Å². The van der Waals surface area contributed by atoms with Gasteiger partial charge in [-0.2, -0.15) is 5.26 Å². The van der Waals surface area contributed by atoms with E-state index in [2.05, 4.69) is 9.97 Å². The average Bonchev–Trinajstić information content (AvgIpc) is 3.15. The number of nitrogens with one attached hydrogen (secondary N) is 2. The van der Waals surface area contributed by atoms with Crippen molar-refractivity contribution >= 4 is 11.0 Å². The largest absolute Gasteiger partial charge is 0.497 e. The van der Waals surface area contributed by atoms with Crippen molar-refractivity contribution < 1.29 is 4.74 Å². The number of aromatic amines is 2. The molecule has 0 aliphatic carbocycles. The molecule has 0 saturated heterocycles. The van der Waals surface area contributed by atoms with E-state index >= 15 is 0 Å². The molecule has 4 rings (SSSR count). The highest BCUT2D eigenvalue weighted by atomic mass is 16.5. The molecule has 0 spiro atoms. The summed E-state index contributed by atoms with van der Waals surface area (Å²) in [6.07, 6.45) is 1.75. The van der Waals surface area contributed by atoms with Gasteiger partial charge in [-0.1, -0.05) is 36.4 Å². The molecule has 0 radical (unpaired) electrons. The van der Waals surface area contributed by atoms with Gasteiger partial charge in [0.1, 0.15) is 17.4 Å². The summed E-state index contributed by atoms with van der Waals surface area (Å²) in [6.45, 7) is 0. The van der Waals surface area contributed by atoms with Crippen molar-refractivity contribution in [3.8, 4) is 34.1 Å². The van der Waals surface area contributed by atoms with Crippen LogP contribution in [0.4, 0.5) is 0 Å². The zero-order chi connectivity index (χ0) is 18.1. The van der Waals surface area contributed by atoms with Gasteiger partial charge in [-0.3, -0.25) is 4.79 Å². The number of hydrogen-bond donors (Lipinski definition) is 2. The molecule has 2 aromatic carbocycles. The van der Waals surface area contributed by atoms with Gasteiger partial charge in [0.25, 0.3) is 5.56 Å². The zero-order valence-corrected chi connectivity index (χ0v) is 14.0. The van der Waals surface area contributed by atoms with E-state index in [9.17, 15) is 10.1 Å². The quantitative estimate of drug-likeness (QED) is 0.589. The first-order chi connectivity index (χ1) is 12.7. The van der Waals surface area contributed by atoms with Gasteiger partial charge >= 0.3 is 0 Å². The maximum absolute atomic E-state index is 12.2. The molecule has 2 aromatic heterocycles. The Kier molecular flexibility index (Phi) is 3.79. The fraction of sp³-hybridized carbons (Fsp3) is 0.0476. The second-order valence-electron chi connectivity index (χ2n) is 5.89. The van der Waals surface area contributed by atoms with Gasteiger partial charge in [-0.05, 0) is 34.9 Å². The molecular weight excluding hydrogens is 326 g/mol. The molecule has 0 unspecified atom stereocenters. The molecule has 26 heavy (non-hydrogen) atoms. The van der Waals surface area contributed by atoms with Crippen LogP contribution in [0.2, 0.25) is 0 Å². The highest BCUT2D eigenvalue weighted by molar-refractivity contribution is 5.94. The summed E-state index contributed by atoms with van der Waals surface area (Å²) in [5.74, 6) is 0.807. The zero-order valence-electron chi connectivity index (χ0n) is 14.0. The van der Waals surface area contributed by atoms with E-state index in [0.29, 0.717) is 11.1 Å². The van der Waals surface area contributed by atoms with Gasteiger partial charge < -0.3 is 14.7 Å². The van der Waals surface area contributed by atoms with E-state index in [0.717, 1.165) is 28.0 Å². The van der Waals surface area contributed by atoms with Gasteiger partial charge in [0.05, 0.1) is 18.1 Å². The van der Waals surface area contributed by atoms with Crippen molar-refractivity contribution in [3.05, 3.63) is 76.7 Å². The van der Waals surface area contributed by atoms with Crippen LogP contribution >= 0.6 is 0 Å². The van der Waals surface area contributed by atoms with E-state index in [-0.39, 0.29) is 11.1 Å². The number of hydrogen-bond acceptors (Lipinski definition) is 3. The molecule has 0 aliphatic rings. The molecular formula is C21H15N3O2. The molecule has 0 saturated carbocycles. The van der Waals surface area contributed by atoms with Crippen molar-refractivity contribution in [1.82, 2.24) is 9.97 Å². The third kappa shape index (κ3) is 2.54. The van der Waals surface area contributed by atoms with Gasteiger partial charge in [0.15, 0.2) is 0 Å². The lowest BCUT2D eigenvalue weighted by atomic mass is 9.97. The van der Waals surface area contributed by atoms with Crippen molar-refractivity contribution in [3.63, 3.8) is 0 Å². The second kappa shape index (κ2) is 6.26. The lowest BCUT2D eigenvalue weighted by molar-refractivity contribution is 0.415. The Morgan fingerprint density at radius 1 is 0.923 bits per heavy atom. The minimum absolute atomic E-state index is 0.108. The van der Waals surface area contributed by atoms with Crippen molar-refractivity contribution in [1.29, 1.82) is 5.26 Å². The Labute approximate surface area is 149 Å². The first-order valence-electron chi connectivity index (χ1n) is 8.09. The summed E-state index contributed by atoms with van der Waals surface area (Å²) >= 11 is 0. The third-order valence-corrected chi connectivity index (χ3v) is 4.43. The fourth-order valence-corrected chi connectivity index (χ4v) is 3.11. The summed E-state index contributed by atoms with van der Waals surface area (Å²) in [5.41, 5.74) is 4.71. The number of fused-ring (bicyclic) bond motifs is 1. The summed E-state index contributed by atoms with van der Waals surface area (Å²) in [6, 6.07) is 19.4. The van der Waals surface area contributed by atoms with Crippen LogP contribution in [0.1, 0.15) is 5.56 Å². The van der Waals surface area contributed by atoms with Crippen molar-refractivity contribution in [2.24, 2.45) is 0 Å². The van der Waals surface area contributed by atoms with Crippen LogP contribution in [-0.4, -0.2) is 17.1 Å². The number of benzene rings is 2. The second-order valence-corrected chi connectivity index (χ2v) is 5.89. The highest BCUT2D eigenvalue weighted by Crippen LogP contribution is 2.30. The van der Waals surface area contributed by atoms with Gasteiger partial charge in [-0.15, -0.1) is 0 Å².